The van der Waals surface area contributed by atoms with Crippen molar-refractivity contribution in [1.82, 2.24) is 0 Å². The molecule has 1 saturated heterocycles. The molecular formula is C15H19NO4. The Morgan fingerprint density at radius 3 is 2.95 bits per heavy atom. The van der Waals surface area contributed by atoms with Gasteiger partial charge in [-0.25, -0.2) is 0 Å². The molecule has 0 radical (unpaired) electrons. The van der Waals surface area contributed by atoms with Crippen LogP contribution in [0.4, 0.5) is 0 Å². The first-order chi connectivity index (χ1) is 9.86. The third kappa shape index (κ3) is 3.00. The molecule has 5 heteroatoms. The van der Waals surface area contributed by atoms with Crippen molar-refractivity contribution < 1.29 is 19.4 Å². The first-order valence-electron chi connectivity index (χ1n) is 6.93. The number of oxime groups is 1. The van der Waals surface area contributed by atoms with E-state index in [-0.39, 0.29) is 24.7 Å². The number of rotatable bonds is 5. The molecule has 20 heavy (non-hydrogen) atoms. The molecule has 0 spiro atoms. The van der Waals surface area contributed by atoms with Crippen LogP contribution in [-0.4, -0.2) is 42.8 Å². The second kappa shape index (κ2) is 6.35. The average molecular weight is 277 g/mol. The molecule has 0 aliphatic carbocycles. The van der Waals surface area contributed by atoms with Crippen molar-refractivity contribution in [2.45, 2.75) is 25.2 Å². The Hall–Kier alpha value is -1.43. The lowest BCUT2D eigenvalue weighted by Gasteiger charge is -2.28. The quantitative estimate of drug-likeness (QED) is 0.882. The first-order valence-corrected chi connectivity index (χ1v) is 6.93. The summed E-state index contributed by atoms with van der Waals surface area (Å²) in [5, 5.41) is 13.2. The van der Waals surface area contributed by atoms with E-state index in [1.165, 1.54) is 0 Å². The molecule has 3 atom stereocenters. The maximum Gasteiger partial charge on any atom is 0.158 e. The molecule has 5 nitrogen and oxygen atoms in total. The summed E-state index contributed by atoms with van der Waals surface area (Å²) in [4.78, 5) is 5.19. The highest BCUT2D eigenvalue weighted by molar-refractivity contribution is 5.89. The molecule has 2 aliphatic rings. The Labute approximate surface area is 118 Å². The topological polar surface area (TPSA) is 60.3 Å². The van der Waals surface area contributed by atoms with Crippen molar-refractivity contribution in [2.75, 3.05) is 19.8 Å². The van der Waals surface area contributed by atoms with Crippen molar-refractivity contribution in [1.29, 1.82) is 0 Å². The predicted molar refractivity (Wildman–Crippen MR) is 73.3 cm³/mol. The Morgan fingerprint density at radius 1 is 1.30 bits per heavy atom. The predicted octanol–water partition coefficient (Wildman–Crippen LogP) is 1.36. The molecule has 0 bridgehead atoms. The lowest BCUT2D eigenvalue weighted by Crippen LogP contribution is -2.40. The molecule has 1 aromatic carbocycles. The van der Waals surface area contributed by atoms with E-state index in [0.29, 0.717) is 19.8 Å². The van der Waals surface area contributed by atoms with Gasteiger partial charge in [-0.2, -0.15) is 0 Å². The highest BCUT2D eigenvalue weighted by Gasteiger charge is 2.39. The van der Waals surface area contributed by atoms with E-state index in [0.717, 1.165) is 17.7 Å². The van der Waals surface area contributed by atoms with Crippen LogP contribution in [0, 0.1) is 5.92 Å². The van der Waals surface area contributed by atoms with E-state index in [1.807, 2.05) is 30.3 Å². The number of aliphatic hydroxyl groups is 1. The first kappa shape index (κ1) is 13.5. The molecule has 0 saturated carbocycles. The molecule has 1 aromatic rings. The lowest BCUT2D eigenvalue weighted by atomic mass is 9.90. The molecule has 2 aliphatic heterocycles. The molecule has 2 heterocycles. The molecule has 0 amide bonds. The Bertz CT molecular complexity index is 462. The summed E-state index contributed by atoms with van der Waals surface area (Å²) in [5.74, 6) is 0.166. The summed E-state index contributed by atoms with van der Waals surface area (Å²) in [7, 11) is 0. The van der Waals surface area contributed by atoms with E-state index in [2.05, 4.69) is 5.16 Å². The van der Waals surface area contributed by atoms with E-state index in [9.17, 15) is 5.11 Å². The molecule has 1 N–H and O–H groups in total. The molecular weight excluding hydrogens is 258 g/mol. The van der Waals surface area contributed by atoms with Crippen molar-refractivity contribution in [2.24, 2.45) is 11.1 Å². The van der Waals surface area contributed by atoms with E-state index < -0.39 is 0 Å². The summed E-state index contributed by atoms with van der Waals surface area (Å²) < 4.78 is 11.4. The number of aliphatic hydroxyl groups excluding tert-OH is 1. The second-order valence-corrected chi connectivity index (χ2v) is 5.18. The van der Waals surface area contributed by atoms with Crippen LogP contribution in [0.15, 0.2) is 35.5 Å². The van der Waals surface area contributed by atoms with Crippen LogP contribution >= 0.6 is 0 Å². The van der Waals surface area contributed by atoms with Gasteiger partial charge in [0.15, 0.2) is 6.10 Å². The summed E-state index contributed by atoms with van der Waals surface area (Å²) in [5.41, 5.74) is 2.06. The highest BCUT2D eigenvalue weighted by Crippen LogP contribution is 2.28. The van der Waals surface area contributed by atoms with Gasteiger partial charge in [-0.15, -0.1) is 0 Å². The van der Waals surface area contributed by atoms with Gasteiger partial charge in [0, 0.05) is 5.92 Å². The van der Waals surface area contributed by atoms with Crippen molar-refractivity contribution in [3.63, 3.8) is 0 Å². The minimum absolute atomic E-state index is 0.00470. The van der Waals surface area contributed by atoms with Gasteiger partial charge >= 0.3 is 0 Å². The van der Waals surface area contributed by atoms with Crippen molar-refractivity contribution >= 4 is 5.71 Å². The van der Waals surface area contributed by atoms with Crippen LogP contribution in [-0.2, 0) is 20.9 Å². The van der Waals surface area contributed by atoms with Gasteiger partial charge in [0.05, 0.1) is 38.2 Å². The number of benzene rings is 1. The van der Waals surface area contributed by atoms with Gasteiger partial charge in [-0.1, -0.05) is 35.5 Å². The van der Waals surface area contributed by atoms with E-state index >= 15 is 0 Å². The molecule has 3 unspecified atom stereocenters. The van der Waals surface area contributed by atoms with E-state index in [1.54, 1.807) is 0 Å². The number of hydrogen-bond acceptors (Lipinski definition) is 5. The highest BCUT2D eigenvalue weighted by atomic mass is 16.7. The zero-order valence-corrected chi connectivity index (χ0v) is 11.3. The number of ether oxygens (including phenoxy) is 2. The monoisotopic (exact) mass is 277 g/mol. The summed E-state index contributed by atoms with van der Waals surface area (Å²) >= 11 is 0. The van der Waals surface area contributed by atoms with Crippen LogP contribution in [0.1, 0.15) is 12.0 Å². The summed E-state index contributed by atoms with van der Waals surface area (Å²) in [6.07, 6.45) is 0.614. The minimum Gasteiger partial charge on any atom is -0.392 e. The van der Waals surface area contributed by atoms with Gasteiger partial charge in [0.2, 0.25) is 0 Å². The van der Waals surface area contributed by atoms with Gasteiger partial charge < -0.3 is 19.4 Å². The third-order valence-corrected chi connectivity index (χ3v) is 3.76. The fourth-order valence-electron chi connectivity index (χ4n) is 2.63. The van der Waals surface area contributed by atoms with Crippen molar-refractivity contribution in [3.05, 3.63) is 35.9 Å². The van der Waals surface area contributed by atoms with Crippen LogP contribution < -0.4 is 0 Å². The largest absolute Gasteiger partial charge is 0.392 e. The van der Waals surface area contributed by atoms with Gasteiger partial charge in [0.1, 0.15) is 0 Å². The fraction of sp³-hybridized carbons (Fsp3) is 0.533. The van der Waals surface area contributed by atoms with Crippen LogP contribution in [0.3, 0.4) is 0 Å². The smallest absolute Gasteiger partial charge is 0.158 e. The fourth-order valence-corrected chi connectivity index (χ4v) is 2.63. The zero-order valence-electron chi connectivity index (χ0n) is 11.3. The van der Waals surface area contributed by atoms with Crippen LogP contribution in [0.25, 0.3) is 0 Å². The molecule has 108 valence electrons. The molecule has 3 rings (SSSR count). The standard InChI is InChI=1S/C15H19NO4/c17-7-15-13-6-12(19-10-14(13)16-20-15)9-18-8-11-4-2-1-3-5-11/h1-5,12-13,15,17H,6-10H2. The van der Waals surface area contributed by atoms with E-state index in [4.69, 9.17) is 14.3 Å². The Balaban J connectivity index is 1.46. The Kier molecular flexibility index (Phi) is 4.30. The second-order valence-electron chi connectivity index (χ2n) is 5.18. The lowest BCUT2D eigenvalue weighted by molar-refractivity contribution is -0.0424. The number of nitrogens with zero attached hydrogens (tertiary/aromatic N) is 1. The Morgan fingerprint density at radius 2 is 2.15 bits per heavy atom. The maximum atomic E-state index is 9.25. The van der Waals surface area contributed by atoms with Gasteiger partial charge in [0.25, 0.3) is 0 Å². The molecule has 0 aromatic heterocycles. The SMILES string of the molecule is OCC1ON=C2COC(COCc3ccccc3)CC21. The molecule has 1 fully saturated rings. The zero-order chi connectivity index (χ0) is 13.8. The number of hydrogen-bond donors (Lipinski definition) is 1. The summed E-state index contributed by atoms with van der Waals surface area (Å²) in [6, 6.07) is 10.1. The maximum absolute atomic E-state index is 9.25. The summed E-state index contributed by atoms with van der Waals surface area (Å²) in [6.45, 7) is 1.61. The van der Waals surface area contributed by atoms with Crippen LogP contribution in [0.2, 0.25) is 0 Å². The van der Waals surface area contributed by atoms with Gasteiger partial charge in [-0.3, -0.25) is 0 Å². The average Bonchev–Trinajstić information content (AvgIpc) is 2.91. The normalized spacial score (nSPS) is 28.6. The third-order valence-electron chi connectivity index (χ3n) is 3.76. The van der Waals surface area contributed by atoms with Crippen LogP contribution in [0.5, 0.6) is 0 Å². The van der Waals surface area contributed by atoms with Gasteiger partial charge in [-0.05, 0) is 12.0 Å². The number of fused-ring (bicyclic) bond motifs is 1. The van der Waals surface area contributed by atoms with Crippen molar-refractivity contribution in [3.8, 4) is 0 Å². The minimum atomic E-state index is -0.217.